The van der Waals surface area contributed by atoms with Gasteiger partial charge < -0.3 is 5.32 Å². The Balaban J connectivity index is 1.71. The maximum atomic E-state index is 12.9. The van der Waals surface area contributed by atoms with Gasteiger partial charge in [-0.3, -0.25) is 9.52 Å². The molecule has 1 aromatic heterocycles. The Morgan fingerprint density at radius 3 is 2.32 bits per heavy atom. The number of thioether (sulfide) groups is 1. The summed E-state index contributed by atoms with van der Waals surface area (Å²) in [5.74, 6) is -0.160. The molecule has 3 aromatic rings. The summed E-state index contributed by atoms with van der Waals surface area (Å²) in [4.78, 5) is 21.1. The quantitative estimate of drug-likeness (QED) is 0.407. The third-order valence-electron chi connectivity index (χ3n) is 4.33. The molecule has 0 aliphatic carbocycles. The van der Waals surface area contributed by atoms with Gasteiger partial charge in [0, 0.05) is 22.8 Å². The summed E-state index contributed by atoms with van der Waals surface area (Å²) in [7, 11) is -3.81. The number of aromatic nitrogens is 2. The molecule has 1 amide bonds. The number of rotatable bonds is 7. The van der Waals surface area contributed by atoms with Crippen LogP contribution in [0.5, 0.6) is 0 Å². The van der Waals surface area contributed by atoms with Gasteiger partial charge in [-0.2, -0.15) is 0 Å². The largest absolute Gasteiger partial charge is 0.325 e. The lowest BCUT2D eigenvalue weighted by molar-refractivity contribution is -0.113. The van der Waals surface area contributed by atoms with E-state index in [9.17, 15) is 13.2 Å². The molecule has 2 aromatic carbocycles. The van der Waals surface area contributed by atoms with Crippen molar-refractivity contribution in [3.8, 4) is 0 Å². The molecule has 0 atom stereocenters. The minimum atomic E-state index is -3.81. The number of anilines is 2. The van der Waals surface area contributed by atoms with Crippen molar-refractivity contribution in [2.45, 2.75) is 37.7 Å². The van der Waals surface area contributed by atoms with E-state index in [0.717, 1.165) is 17.0 Å². The number of hydrogen-bond acceptors (Lipinski definition) is 6. The zero-order valence-corrected chi connectivity index (χ0v) is 19.4. The van der Waals surface area contributed by atoms with E-state index in [1.807, 2.05) is 32.9 Å². The van der Waals surface area contributed by atoms with E-state index >= 15 is 0 Å². The van der Waals surface area contributed by atoms with Crippen LogP contribution in [0.1, 0.15) is 22.5 Å². The van der Waals surface area contributed by atoms with Crippen molar-refractivity contribution in [2.75, 3.05) is 15.8 Å². The average molecular weight is 457 g/mol. The maximum absolute atomic E-state index is 12.9. The second kappa shape index (κ2) is 9.49. The Morgan fingerprint density at radius 2 is 1.65 bits per heavy atom. The lowest BCUT2D eigenvalue weighted by atomic mass is 10.2. The molecule has 0 saturated carbocycles. The summed E-state index contributed by atoms with van der Waals surface area (Å²) in [6.45, 7) is 7.35. The second-order valence-electron chi connectivity index (χ2n) is 7.23. The number of nitrogens with one attached hydrogen (secondary N) is 2. The van der Waals surface area contributed by atoms with E-state index in [4.69, 9.17) is 0 Å². The summed E-state index contributed by atoms with van der Waals surface area (Å²) in [5.41, 5.74) is 4.09. The molecule has 2 N–H and O–H groups in total. The molecule has 0 aliphatic rings. The van der Waals surface area contributed by atoms with E-state index in [1.165, 1.54) is 17.8 Å². The van der Waals surface area contributed by atoms with Crippen LogP contribution in [-0.2, 0) is 14.8 Å². The first-order valence-electron chi connectivity index (χ1n) is 9.57. The number of carbonyl (C=O) groups is 1. The van der Waals surface area contributed by atoms with Gasteiger partial charge in [0.2, 0.25) is 5.91 Å². The predicted octanol–water partition coefficient (Wildman–Crippen LogP) is 4.24. The van der Waals surface area contributed by atoms with Gasteiger partial charge in [0.05, 0.1) is 10.6 Å². The number of benzene rings is 2. The van der Waals surface area contributed by atoms with Crippen LogP contribution in [0, 0.1) is 27.7 Å². The minimum Gasteiger partial charge on any atom is -0.325 e. The molecule has 0 spiro atoms. The van der Waals surface area contributed by atoms with Crippen LogP contribution in [0.4, 0.5) is 11.4 Å². The molecular formula is C22H24N4O3S2. The summed E-state index contributed by atoms with van der Waals surface area (Å²) in [6, 6.07) is 13.8. The smallest absolute Gasteiger partial charge is 0.262 e. The Bertz CT molecular complexity index is 1210. The molecule has 31 heavy (non-hydrogen) atoms. The van der Waals surface area contributed by atoms with Crippen LogP contribution < -0.4 is 10.0 Å². The highest BCUT2D eigenvalue weighted by Gasteiger charge is 2.18. The predicted molar refractivity (Wildman–Crippen MR) is 124 cm³/mol. The zero-order valence-electron chi connectivity index (χ0n) is 17.8. The maximum Gasteiger partial charge on any atom is 0.262 e. The first-order chi connectivity index (χ1) is 14.6. The molecule has 1 heterocycles. The fourth-order valence-corrected chi connectivity index (χ4v) is 5.04. The van der Waals surface area contributed by atoms with Gasteiger partial charge in [-0.05, 0) is 69.2 Å². The van der Waals surface area contributed by atoms with Gasteiger partial charge in [-0.25, -0.2) is 18.4 Å². The normalized spacial score (nSPS) is 11.2. The van der Waals surface area contributed by atoms with Crippen molar-refractivity contribution in [1.82, 2.24) is 9.97 Å². The van der Waals surface area contributed by atoms with Gasteiger partial charge in [0.25, 0.3) is 10.0 Å². The molecule has 7 nitrogen and oxygen atoms in total. The summed E-state index contributed by atoms with van der Waals surface area (Å²) in [6.07, 6.45) is 0. The number of aryl methyl sites for hydroxylation is 4. The molecule has 0 unspecified atom stereocenters. The van der Waals surface area contributed by atoms with Crippen molar-refractivity contribution in [2.24, 2.45) is 0 Å². The first kappa shape index (κ1) is 22.8. The highest BCUT2D eigenvalue weighted by atomic mass is 32.2. The lowest BCUT2D eigenvalue weighted by Gasteiger charge is -2.13. The van der Waals surface area contributed by atoms with Crippen LogP contribution in [0.2, 0.25) is 0 Å². The molecule has 9 heteroatoms. The Hall–Kier alpha value is -2.91. The second-order valence-corrected chi connectivity index (χ2v) is 9.82. The fourth-order valence-electron chi connectivity index (χ4n) is 2.97. The van der Waals surface area contributed by atoms with E-state index < -0.39 is 10.0 Å². The molecule has 0 fully saturated rings. The average Bonchev–Trinajstić information content (AvgIpc) is 2.67. The first-order valence-corrected chi connectivity index (χ1v) is 12.0. The standard InChI is InChI=1S/C22H24N4O3S2/c1-14-6-5-7-19(10-14)26-31(28,29)20-12-18(9-8-15(20)2)25-21(27)13-30-22-23-16(3)11-17(4)24-22/h5-12,26H,13H2,1-4H3,(H,25,27). The van der Waals surface area contributed by atoms with Crippen molar-refractivity contribution in [3.05, 3.63) is 71.0 Å². The van der Waals surface area contributed by atoms with E-state index in [1.54, 1.807) is 37.3 Å². The van der Waals surface area contributed by atoms with Crippen molar-refractivity contribution in [1.29, 1.82) is 0 Å². The molecule has 3 rings (SSSR count). The van der Waals surface area contributed by atoms with Gasteiger partial charge in [-0.15, -0.1) is 0 Å². The number of sulfonamides is 1. The highest BCUT2D eigenvalue weighted by Crippen LogP contribution is 2.24. The molecule has 0 bridgehead atoms. The lowest BCUT2D eigenvalue weighted by Crippen LogP contribution is -2.17. The topological polar surface area (TPSA) is 101 Å². The van der Waals surface area contributed by atoms with Gasteiger partial charge in [0.15, 0.2) is 5.16 Å². The van der Waals surface area contributed by atoms with Crippen LogP contribution >= 0.6 is 11.8 Å². The number of carbonyl (C=O) groups excluding carboxylic acids is 1. The van der Waals surface area contributed by atoms with Gasteiger partial charge in [0.1, 0.15) is 0 Å². The summed E-state index contributed by atoms with van der Waals surface area (Å²) < 4.78 is 28.4. The summed E-state index contributed by atoms with van der Waals surface area (Å²) >= 11 is 1.23. The van der Waals surface area contributed by atoms with Crippen LogP contribution in [0.15, 0.2) is 58.6 Å². The van der Waals surface area contributed by atoms with Crippen molar-refractivity contribution in [3.63, 3.8) is 0 Å². The highest BCUT2D eigenvalue weighted by molar-refractivity contribution is 7.99. The van der Waals surface area contributed by atoms with Crippen LogP contribution in [-0.4, -0.2) is 30.0 Å². The third-order valence-corrected chi connectivity index (χ3v) is 6.70. The molecule has 0 radical (unpaired) electrons. The van der Waals surface area contributed by atoms with Crippen LogP contribution in [0.25, 0.3) is 0 Å². The minimum absolute atomic E-state index is 0.108. The number of amides is 1. The number of nitrogens with zero attached hydrogens (tertiary/aromatic N) is 2. The summed E-state index contributed by atoms with van der Waals surface area (Å²) in [5, 5.41) is 3.28. The zero-order chi connectivity index (χ0) is 22.6. The number of hydrogen-bond donors (Lipinski definition) is 2. The van der Waals surface area contributed by atoms with E-state index in [2.05, 4.69) is 20.0 Å². The fraction of sp³-hybridized carbons (Fsp3) is 0.227. The third kappa shape index (κ3) is 6.28. The SMILES string of the molecule is Cc1cccc(NS(=O)(=O)c2cc(NC(=O)CSc3nc(C)cc(C)n3)ccc2C)c1. The van der Waals surface area contributed by atoms with E-state index in [-0.39, 0.29) is 16.6 Å². The molecule has 0 saturated heterocycles. The van der Waals surface area contributed by atoms with Crippen molar-refractivity contribution >= 4 is 39.1 Å². The molecule has 0 aliphatic heterocycles. The Labute approximate surface area is 186 Å². The monoisotopic (exact) mass is 456 g/mol. The Kier molecular flexibility index (Phi) is 6.97. The van der Waals surface area contributed by atoms with Gasteiger partial charge in [-0.1, -0.05) is 30.0 Å². The molecular weight excluding hydrogens is 432 g/mol. The van der Waals surface area contributed by atoms with E-state index in [0.29, 0.717) is 22.1 Å². The van der Waals surface area contributed by atoms with Crippen molar-refractivity contribution < 1.29 is 13.2 Å². The molecule has 162 valence electrons. The Morgan fingerprint density at radius 1 is 0.935 bits per heavy atom. The van der Waals surface area contributed by atoms with Gasteiger partial charge >= 0.3 is 0 Å². The van der Waals surface area contributed by atoms with Crippen LogP contribution in [0.3, 0.4) is 0 Å².